The van der Waals surface area contributed by atoms with Crippen LogP contribution >= 0.6 is 0 Å². The molecule has 0 aliphatic carbocycles. The summed E-state index contributed by atoms with van der Waals surface area (Å²) in [6.07, 6.45) is 5.25. The van der Waals surface area contributed by atoms with Crippen LogP contribution in [0.25, 0.3) is 0 Å². The van der Waals surface area contributed by atoms with Gasteiger partial charge in [-0.15, -0.1) is 0 Å². The number of carbonyl (C=O) groups is 1. The van der Waals surface area contributed by atoms with E-state index in [0.717, 1.165) is 43.7 Å². The first-order chi connectivity index (χ1) is 14.5. The number of likely N-dealkylation sites (N-methyl/N-ethyl adjacent to an activating group) is 1. The van der Waals surface area contributed by atoms with Crippen LogP contribution in [-0.2, 0) is 13.1 Å². The highest BCUT2D eigenvalue weighted by molar-refractivity contribution is 5.94. The Hall–Kier alpha value is -2.38. The Morgan fingerprint density at radius 3 is 2.77 bits per heavy atom. The van der Waals surface area contributed by atoms with E-state index in [1.54, 1.807) is 6.07 Å². The Morgan fingerprint density at radius 2 is 2.03 bits per heavy atom. The second-order valence-corrected chi connectivity index (χ2v) is 9.36. The van der Waals surface area contributed by atoms with Gasteiger partial charge in [-0.3, -0.25) is 14.5 Å². The molecule has 3 atom stereocenters. The van der Waals surface area contributed by atoms with Crippen molar-refractivity contribution in [1.82, 2.24) is 19.3 Å². The minimum absolute atomic E-state index is 0.0235. The van der Waals surface area contributed by atoms with Gasteiger partial charge < -0.3 is 18.8 Å². The summed E-state index contributed by atoms with van der Waals surface area (Å²) < 4.78 is 7.07. The topological polar surface area (TPSA) is 61.9 Å². The van der Waals surface area contributed by atoms with Gasteiger partial charge in [-0.25, -0.2) is 0 Å². The molecule has 7 heteroatoms. The predicted molar refractivity (Wildman–Crippen MR) is 114 cm³/mol. The molecule has 2 saturated heterocycles. The van der Waals surface area contributed by atoms with Crippen LogP contribution in [0, 0.1) is 5.92 Å². The van der Waals surface area contributed by atoms with Crippen LogP contribution in [0.15, 0.2) is 39.9 Å². The number of nitrogens with zero attached hydrogens (tertiary/aromatic N) is 4. The molecular formula is C23H30N4O3. The van der Waals surface area contributed by atoms with Gasteiger partial charge in [0, 0.05) is 62.5 Å². The quantitative estimate of drug-likeness (QED) is 0.770. The minimum atomic E-state index is 0.0235. The number of fused-ring (bicyclic) bond motifs is 4. The fraction of sp³-hybridized carbons (Fsp3) is 0.565. The summed E-state index contributed by atoms with van der Waals surface area (Å²) in [5, 5.41) is 0. The summed E-state index contributed by atoms with van der Waals surface area (Å²) in [4.78, 5) is 32.7. The van der Waals surface area contributed by atoms with Gasteiger partial charge >= 0.3 is 0 Å². The molecule has 7 nitrogen and oxygen atoms in total. The Kier molecular flexibility index (Phi) is 5.03. The van der Waals surface area contributed by atoms with Gasteiger partial charge in [0.05, 0.1) is 11.8 Å². The van der Waals surface area contributed by atoms with Crippen molar-refractivity contribution < 1.29 is 9.21 Å². The number of piperidine rings is 1. The van der Waals surface area contributed by atoms with Crippen molar-refractivity contribution in [1.29, 1.82) is 0 Å². The molecule has 30 heavy (non-hydrogen) atoms. The maximum absolute atomic E-state index is 13.3. The summed E-state index contributed by atoms with van der Waals surface area (Å²) in [7, 11) is 4.25. The van der Waals surface area contributed by atoms with Gasteiger partial charge in [0.1, 0.15) is 6.26 Å². The van der Waals surface area contributed by atoms with Gasteiger partial charge in [0.25, 0.3) is 11.5 Å². The number of furan rings is 1. The Morgan fingerprint density at radius 1 is 1.17 bits per heavy atom. The molecule has 0 N–H and O–H groups in total. The van der Waals surface area contributed by atoms with Gasteiger partial charge in [0.15, 0.2) is 0 Å². The molecule has 5 rings (SSSR count). The van der Waals surface area contributed by atoms with E-state index in [-0.39, 0.29) is 17.4 Å². The number of hydrogen-bond donors (Lipinski definition) is 0. The minimum Gasteiger partial charge on any atom is -0.472 e. The maximum Gasteiger partial charge on any atom is 0.257 e. The molecule has 0 radical (unpaired) electrons. The summed E-state index contributed by atoms with van der Waals surface area (Å²) in [5.74, 6) is 0.570. The highest BCUT2D eigenvalue weighted by Gasteiger charge is 2.37. The molecule has 0 spiro atoms. The smallest absolute Gasteiger partial charge is 0.257 e. The van der Waals surface area contributed by atoms with Crippen molar-refractivity contribution >= 4 is 5.91 Å². The van der Waals surface area contributed by atoms with Crippen LogP contribution in [0.3, 0.4) is 0 Å². The molecule has 2 aromatic rings. The molecule has 0 aromatic carbocycles. The molecule has 5 heterocycles. The summed E-state index contributed by atoms with van der Waals surface area (Å²) in [5.41, 5.74) is 2.73. The van der Waals surface area contributed by atoms with Crippen LogP contribution < -0.4 is 5.56 Å². The lowest BCUT2D eigenvalue weighted by molar-refractivity contribution is 0.0593. The lowest BCUT2D eigenvalue weighted by atomic mass is 9.82. The first-order valence-electron chi connectivity index (χ1n) is 10.9. The van der Waals surface area contributed by atoms with E-state index in [0.29, 0.717) is 37.2 Å². The van der Waals surface area contributed by atoms with Crippen molar-refractivity contribution in [2.45, 2.75) is 37.9 Å². The van der Waals surface area contributed by atoms with Gasteiger partial charge in [-0.2, -0.15) is 0 Å². The van der Waals surface area contributed by atoms with Crippen molar-refractivity contribution in [2.24, 2.45) is 5.92 Å². The van der Waals surface area contributed by atoms with Crippen molar-refractivity contribution in [3.05, 3.63) is 57.9 Å². The summed E-state index contributed by atoms with van der Waals surface area (Å²) in [6.45, 7) is 4.85. The van der Waals surface area contributed by atoms with Crippen LogP contribution in [0.2, 0.25) is 0 Å². The van der Waals surface area contributed by atoms with Crippen LogP contribution in [0.1, 0.15) is 40.4 Å². The molecule has 3 aliphatic rings. The molecular weight excluding hydrogens is 380 g/mol. The average Bonchev–Trinajstić information content (AvgIpc) is 3.42. The van der Waals surface area contributed by atoms with Gasteiger partial charge in [0.2, 0.25) is 0 Å². The zero-order valence-corrected chi connectivity index (χ0v) is 17.8. The van der Waals surface area contributed by atoms with Crippen molar-refractivity contribution in [2.75, 3.05) is 40.3 Å². The fourth-order valence-electron chi connectivity index (χ4n) is 5.46. The second-order valence-electron chi connectivity index (χ2n) is 9.36. The van der Waals surface area contributed by atoms with Crippen LogP contribution in [0.4, 0.5) is 0 Å². The second kappa shape index (κ2) is 7.71. The highest BCUT2D eigenvalue weighted by atomic mass is 16.3. The van der Waals surface area contributed by atoms with E-state index in [2.05, 4.69) is 30.0 Å². The lowest BCUT2D eigenvalue weighted by Gasteiger charge is -2.42. The lowest BCUT2D eigenvalue weighted by Crippen LogP contribution is -2.49. The predicted octanol–water partition coefficient (Wildman–Crippen LogP) is 1.84. The number of carbonyl (C=O) groups excluding carboxylic acids is 1. The number of aromatic nitrogens is 1. The normalized spacial score (nSPS) is 26.2. The fourth-order valence-corrected chi connectivity index (χ4v) is 5.46. The maximum atomic E-state index is 13.3. The van der Waals surface area contributed by atoms with E-state index in [1.807, 2.05) is 15.5 Å². The molecule has 1 amide bonds. The van der Waals surface area contributed by atoms with Crippen molar-refractivity contribution in [3.63, 3.8) is 0 Å². The zero-order valence-electron chi connectivity index (χ0n) is 17.8. The molecule has 3 aliphatic heterocycles. The molecule has 0 saturated carbocycles. The van der Waals surface area contributed by atoms with E-state index >= 15 is 0 Å². The monoisotopic (exact) mass is 410 g/mol. The molecule has 160 valence electrons. The zero-order chi connectivity index (χ0) is 20.8. The largest absolute Gasteiger partial charge is 0.472 e. The van der Waals surface area contributed by atoms with E-state index in [1.165, 1.54) is 12.5 Å². The average molecular weight is 411 g/mol. The van der Waals surface area contributed by atoms with E-state index in [9.17, 15) is 9.59 Å². The summed E-state index contributed by atoms with van der Waals surface area (Å²) >= 11 is 0. The number of hydrogen-bond acceptors (Lipinski definition) is 5. The Balaban J connectivity index is 1.34. The summed E-state index contributed by atoms with van der Waals surface area (Å²) in [6, 6.07) is 6.44. The molecule has 2 bridgehead atoms. The third-order valence-electron chi connectivity index (χ3n) is 7.11. The third-order valence-corrected chi connectivity index (χ3v) is 7.11. The molecule has 2 fully saturated rings. The first-order valence-corrected chi connectivity index (χ1v) is 10.9. The Labute approximate surface area is 176 Å². The standard InChI is InChI=1S/C23H30N4O3/c1-24(2)20-5-7-25(14-20)12-17-3-4-21-19-9-16(11-27(21)23(17)29)10-26(13-19)22(28)18-6-8-30-15-18/h3-4,6,8,15-16,19-20H,5,7,9-14H2,1-2H3/t16-,19+,20+/m0/s1. The van der Waals surface area contributed by atoms with E-state index < -0.39 is 0 Å². The SMILES string of the molecule is CN(C)[C@@H]1CCN(Cc2ccc3n(c2=O)C[C@H]2C[C@@H]3CN(C(=O)c3ccoc3)C2)C1. The van der Waals surface area contributed by atoms with Gasteiger partial charge in [-0.1, -0.05) is 6.07 Å². The number of likely N-dealkylation sites (tertiary alicyclic amines) is 2. The van der Waals surface area contributed by atoms with Crippen LogP contribution in [0.5, 0.6) is 0 Å². The molecule has 2 aromatic heterocycles. The third kappa shape index (κ3) is 3.50. The first kappa shape index (κ1) is 19.6. The number of amides is 1. The van der Waals surface area contributed by atoms with Gasteiger partial charge in [-0.05, 0) is 45.0 Å². The Bertz CT molecular complexity index is 981. The highest BCUT2D eigenvalue weighted by Crippen LogP contribution is 2.35. The van der Waals surface area contributed by atoms with E-state index in [4.69, 9.17) is 4.42 Å². The van der Waals surface area contributed by atoms with Crippen molar-refractivity contribution in [3.8, 4) is 0 Å². The number of rotatable bonds is 4. The van der Waals surface area contributed by atoms with Crippen LogP contribution in [-0.4, -0.2) is 71.5 Å². The molecule has 0 unspecified atom stereocenters. The number of pyridine rings is 1.